The van der Waals surface area contributed by atoms with Crippen molar-refractivity contribution in [2.75, 3.05) is 5.32 Å². The Kier molecular flexibility index (Phi) is 3.42. The molecular formula is C15H13N3O3S. The van der Waals surface area contributed by atoms with Crippen molar-refractivity contribution < 1.29 is 9.90 Å². The van der Waals surface area contributed by atoms with Crippen LogP contribution in [0.4, 0.5) is 5.69 Å². The normalized spacial score (nSPS) is 10.8. The molecule has 0 spiro atoms. The van der Waals surface area contributed by atoms with Gasteiger partial charge in [0, 0.05) is 18.8 Å². The number of phenolic OH excluding ortho intramolecular Hbond substituents is 1. The van der Waals surface area contributed by atoms with Crippen molar-refractivity contribution in [2.24, 2.45) is 7.05 Å². The van der Waals surface area contributed by atoms with Gasteiger partial charge >= 0.3 is 0 Å². The summed E-state index contributed by atoms with van der Waals surface area (Å²) in [5.74, 6) is -0.255. The third kappa shape index (κ3) is 2.35. The van der Waals surface area contributed by atoms with Crippen LogP contribution in [0.1, 0.15) is 15.2 Å². The average Bonchev–Trinajstić information content (AvgIpc) is 2.81. The van der Waals surface area contributed by atoms with Crippen molar-refractivity contribution >= 4 is 33.1 Å². The molecule has 0 saturated carbocycles. The number of carbonyl (C=O) groups is 1. The van der Waals surface area contributed by atoms with Gasteiger partial charge in [-0.05, 0) is 24.6 Å². The molecule has 22 heavy (non-hydrogen) atoms. The molecule has 0 radical (unpaired) electrons. The van der Waals surface area contributed by atoms with Crippen LogP contribution in [-0.2, 0) is 7.05 Å². The second kappa shape index (κ2) is 5.27. The van der Waals surface area contributed by atoms with Crippen LogP contribution >= 0.6 is 11.3 Å². The molecule has 0 aliphatic carbocycles. The topological polar surface area (TPSA) is 84.2 Å². The zero-order chi connectivity index (χ0) is 15.9. The number of nitrogens with zero attached hydrogens (tertiary/aromatic N) is 2. The second-order valence-corrected chi connectivity index (χ2v) is 5.90. The lowest BCUT2D eigenvalue weighted by Gasteiger charge is -2.04. The number of amides is 1. The van der Waals surface area contributed by atoms with Gasteiger partial charge in [0.05, 0.1) is 16.6 Å². The number of anilines is 1. The first kappa shape index (κ1) is 14.3. The molecule has 2 N–H and O–H groups in total. The number of aromatic hydroxyl groups is 1. The van der Waals surface area contributed by atoms with Gasteiger partial charge < -0.3 is 15.0 Å². The zero-order valence-electron chi connectivity index (χ0n) is 12.0. The number of aryl methyl sites for hydroxylation is 2. The number of phenols is 1. The number of nitrogens with one attached hydrogen (secondary N) is 1. The summed E-state index contributed by atoms with van der Waals surface area (Å²) in [5, 5.41) is 12.6. The highest BCUT2D eigenvalue weighted by Crippen LogP contribution is 2.27. The van der Waals surface area contributed by atoms with Gasteiger partial charge in [0.15, 0.2) is 0 Å². The summed E-state index contributed by atoms with van der Waals surface area (Å²) < 4.78 is 1.39. The molecule has 112 valence electrons. The van der Waals surface area contributed by atoms with Gasteiger partial charge in [-0.3, -0.25) is 9.59 Å². The SMILES string of the molecule is Cc1c(C(=O)Nc2cccc(O)c2)sc2ncn(C)c(=O)c12. The molecule has 0 saturated heterocycles. The predicted molar refractivity (Wildman–Crippen MR) is 85.7 cm³/mol. The lowest BCUT2D eigenvalue weighted by Crippen LogP contribution is -2.17. The smallest absolute Gasteiger partial charge is 0.266 e. The minimum atomic E-state index is -0.326. The summed E-state index contributed by atoms with van der Waals surface area (Å²) in [7, 11) is 1.62. The molecule has 0 aliphatic heterocycles. The lowest BCUT2D eigenvalue weighted by atomic mass is 10.2. The predicted octanol–water partition coefficient (Wildman–Crippen LogP) is 2.26. The highest BCUT2D eigenvalue weighted by molar-refractivity contribution is 7.20. The van der Waals surface area contributed by atoms with E-state index in [2.05, 4.69) is 10.3 Å². The van der Waals surface area contributed by atoms with Crippen LogP contribution in [-0.4, -0.2) is 20.6 Å². The van der Waals surface area contributed by atoms with E-state index in [9.17, 15) is 14.7 Å². The fraction of sp³-hybridized carbons (Fsp3) is 0.133. The van der Waals surface area contributed by atoms with Gasteiger partial charge in [-0.15, -0.1) is 11.3 Å². The van der Waals surface area contributed by atoms with Crippen molar-refractivity contribution in [3.05, 3.63) is 51.4 Å². The molecule has 1 aromatic carbocycles. The van der Waals surface area contributed by atoms with Gasteiger partial charge in [0.1, 0.15) is 10.6 Å². The number of carbonyl (C=O) groups excluding carboxylic acids is 1. The first-order valence-corrected chi connectivity index (χ1v) is 7.34. The second-order valence-electron chi connectivity index (χ2n) is 4.90. The standard InChI is InChI=1S/C15H13N3O3S/c1-8-11-14(16-7-18(2)15(11)21)22-12(8)13(20)17-9-4-3-5-10(19)6-9/h3-7,19H,1-2H3,(H,17,20). The van der Waals surface area contributed by atoms with Crippen LogP contribution < -0.4 is 10.9 Å². The third-order valence-electron chi connectivity index (χ3n) is 3.32. The number of aromatic nitrogens is 2. The van der Waals surface area contributed by atoms with E-state index in [-0.39, 0.29) is 17.2 Å². The Balaban J connectivity index is 2.03. The third-order valence-corrected chi connectivity index (χ3v) is 4.52. The summed E-state index contributed by atoms with van der Waals surface area (Å²) in [6.45, 7) is 1.74. The van der Waals surface area contributed by atoms with E-state index in [1.165, 1.54) is 34.4 Å². The van der Waals surface area contributed by atoms with Gasteiger partial charge in [-0.1, -0.05) is 6.07 Å². The number of benzene rings is 1. The molecular weight excluding hydrogens is 302 g/mol. The van der Waals surface area contributed by atoms with Gasteiger partial charge in [-0.2, -0.15) is 0 Å². The summed E-state index contributed by atoms with van der Waals surface area (Å²) in [5.41, 5.74) is 0.934. The van der Waals surface area contributed by atoms with E-state index in [1.807, 2.05) is 0 Å². The fourth-order valence-corrected chi connectivity index (χ4v) is 3.23. The van der Waals surface area contributed by atoms with Crippen LogP contribution in [0.25, 0.3) is 10.2 Å². The maximum absolute atomic E-state index is 12.4. The molecule has 2 aromatic heterocycles. The first-order valence-electron chi connectivity index (χ1n) is 6.52. The van der Waals surface area contributed by atoms with Gasteiger partial charge in [-0.25, -0.2) is 4.98 Å². The summed E-state index contributed by atoms with van der Waals surface area (Å²) in [4.78, 5) is 29.7. The summed E-state index contributed by atoms with van der Waals surface area (Å²) >= 11 is 1.18. The van der Waals surface area contributed by atoms with Crippen molar-refractivity contribution in [3.63, 3.8) is 0 Å². The Labute approximate surface area is 129 Å². The molecule has 3 aromatic rings. The molecule has 7 heteroatoms. The monoisotopic (exact) mass is 315 g/mol. The maximum Gasteiger partial charge on any atom is 0.266 e. The molecule has 0 fully saturated rings. The Morgan fingerprint density at radius 2 is 2.18 bits per heavy atom. The highest BCUT2D eigenvalue weighted by Gasteiger charge is 2.19. The largest absolute Gasteiger partial charge is 0.508 e. The van der Waals surface area contributed by atoms with E-state index in [4.69, 9.17) is 0 Å². The van der Waals surface area contributed by atoms with Crippen LogP contribution in [0, 0.1) is 6.92 Å². The highest BCUT2D eigenvalue weighted by atomic mass is 32.1. The molecule has 0 bridgehead atoms. The Bertz CT molecular complexity index is 943. The molecule has 3 rings (SSSR count). The number of rotatable bonds is 2. The van der Waals surface area contributed by atoms with E-state index in [0.717, 1.165) is 0 Å². The van der Waals surface area contributed by atoms with E-state index in [1.54, 1.807) is 26.1 Å². The minimum Gasteiger partial charge on any atom is -0.508 e. The minimum absolute atomic E-state index is 0.0707. The molecule has 1 amide bonds. The van der Waals surface area contributed by atoms with Crippen LogP contribution in [0.2, 0.25) is 0 Å². The molecule has 6 nitrogen and oxygen atoms in total. The number of thiophene rings is 1. The summed E-state index contributed by atoms with van der Waals surface area (Å²) in [6.07, 6.45) is 1.44. The van der Waals surface area contributed by atoms with E-state index < -0.39 is 0 Å². The van der Waals surface area contributed by atoms with E-state index >= 15 is 0 Å². The average molecular weight is 315 g/mol. The fourth-order valence-electron chi connectivity index (χ4n) is 2.20. The van der Waals surface area contributed by atoms with Crippen LogP contribution in [0.15, 0.2) is 35.4 Å². The quantitative estimate of drug-likeness (QED) is 0.760. The molecule has 0 unspecified atom stereocenters. The van der Waals surface area contributed by atoms with Gasteiger partial charge in [0.2, 0.25) is 0 Å². The van der Waals surface area contributed by atoms with Crippen molar-refractivity contribution in [1.29, 1.82) is 0 Å². The number of fused-ring (bicyclic) bond motifs is 1. The maximum atomic E-state index is 12.4. The van der Waals surface area contributed by atoms with Crippen molar-refractivity contribution in [2.45, 2.75) is 6.92 Å². The summed E-state index contributed by atoms with van der Waals surface area (Å²) in [6, 6.07) is 6.30. The zero-order valence-corrected chi connectivity index (χ0v) is 12.8. The molecule has 2 heterocycles. The Hall–Kier alpha value is -2.67. The van der Waals surface area contributed by atoms with Crippen LogP contribution in [0.5, 0.6) is 5.75 Å². The van der Waals surface area contributed by atoms with E-state index in [0.29, 0.717) is 26.3 Å². The Morgan fingerprint density at radius 3 is 2.91 bits per heavy atom. The number of hydrogen-bond acceptors (Lipinski definition) is 5. The van der Waals surface area contributed by atoms with Crippen molar-refractivity contribution in [3.8, 4) is 5.75 Å². The lowest BCUT2D eigenvalue weighted by molar-refractivity contribution is 0.103. The Morgan fingerprint density at radius 1 is 1.41 bits per heavy atom. The molecule has 0 atom stereocenters. The van der Waals surface area contributed by atoms with Gasteiger partial charge in [0.25, 0.3) is 11.5 Å². The first-order chi connectivity index (χ1) is 10.5. The van der Waals surface area contributed by atoms with Crippen molar-refractivity contribution in [1.82, 2.24) is 9.55 Å². The molecule has 0 aliphatic rings. The number of hydrogen-bond donors (Lipinski definition) is 2. The van der Waals surface area contributed by atoms with Crippen LogP contribution in [0.3, 0.4) is 0 Å².